The zero-order valence-electron chi connectivity index (χ0n) is 41.4. The van der Waals surface area contributed by atoms with Gasteiger partial charge in [0.1, 0.15) is 23.1 Å². The summed E-state index contributed by atoms with van der Waals surface area (Å²) >= 11 is 0. The van der Waals surface area contributed by atoms with Crippen molar-refractivity contribution in [1.29, 1.82) is 0 Å². The zero-order chi connectivity index (χ0) is 45.5. The predicted molar refractivity (Wildman–Crippen MR) is 261 cm³/mol. The van der Waals surface area contributed by atoms with Gasteiger partial charge in [0.25, 0.3) is 0 Å². The van der Waals surface area contributed by atoms with Gasteiger partial charge in [0.05, 0.1) is 51.4 Å². The van der Waals surface area contributed by atoms with Gasteiger partial charge in [-0.1, -0.05) is 156 Å². The van der Waals surface area contributed by atoms with Crippen molar-refractivity contribution in [2.24, 2.45) is 0 Å². The van der Waals surface area contributed by atoms with Gasteiger partial charge < -0.3 is 48.9 Å². The third-order valence-electron chi connectivity index (χ3n) is 12.6. The molecule has 0 unspecified atom stereocenters. The predicted octanol–water partition coefficient (Wildman–Crippen LogP) is 13.5. The summed E-state index contributed by atoms with van der Waals surface area (Å²) in [4.78, 5) is 41.4. The summed E-state index contributed by atoms with van der Waals surface area (Å²) in [5.41, 5.74) is 5.56. The van der Waals surface area contributed by atoms with Crippen molar-refractivity contribution in [3.8, 4) is 11.5 Å². The molecule has 5 rings (SSSR count). The number of methoxy groups -OCH3 is 4. The molecule has 0 spiro atoms. The van der Waals surface area contributed by atoms with E-state index in [0.29, 0.717) is 68.9 Å². The number of allylic oxidation sites excluding steroid dienone is 2. The topological polar surface area (TPSA) is 142 Å². The Morgan fingerprint density at radius 3 is 0.923 bits per heavy atom. The van der Waals surface area contributed by atoms with Crippen LogP contribution in [0.2, 0.25) is 0 Å². The molecule has 0 saturated carbocycles. The van der Waals surface area contributed by atoms with Gasteiger partial charge in [-0.05, 0) is 51.4 Å². The van der Waals surface area contributed by atoms with E-state index in [4.69, 9.17) is 58.8 Å². The molecule has 0 fully saturated rings. The van der Waals surface area contributed by atoms with E-state index < -0.39 is 0 Å². The summed E-state index contributed by atoms with van der Waals surface area (Å²) in [6.45, 7) is 9.00. The van der Waals surface area contributed by atoms with Crippen LogP contribution in [0.3, 0.4) is 0 Å². The van der Waals surface area contributed by atoms with Gasteiger partial charge in [-0.25, -0.2) is 9.97 Å². The molecule has 3 aromatic rings. The summed E-state index contributed by atoms with van der Waals surface area (Å²) in [7, 11) is 6.77. The van der Waals surface area contributed by atoms with E-state index in [2.05, 4.69) is 27.7 Å². The third-order valence-corrected chi connectivity index (χ3v) is 12.6. The molecule has 0 atom stereocenters. The van der Waals surface area contributed by atoms with Crippen LogP contribution in [0.25, 0.3) is 45.3 Å². The van der Waals surface area contributed by atoms with E-state index in [1.54, 1.807) is 28.4 Å². The van der Waals surface area contributed by atoms with E-state index in [9.17, 15) is 0 Å². The zero-order valence-corrected chi connectivity index (χ0v) is 42.5. The molecule has 13 heteroatoms. The van der Waals surface area contributed by atoms with Gasteiger partial charge in [-0.3, -0.25) is 0 Å². The van der Waals surface area contributed by atoms with Crippen LogP contribution in [-0.4, -0.2) is 58.3 Å². The van der Waals surface area contributed by atoms with Gasteiger partial charge in [-0.2, -0.15) is 0 Å². The monoisotopic (exact) mass is 937 g/mol. The Hall–Kier alpha value is -3.96. The Morgan fingerprint density at radius 1 is 0.323 bits per heavy atom. The van der Waals surface area contributed by atoms with Crippen molar-refractivity contribution in [2.75, 3.05) is 28.4 Å². The minimum atomic E-state index is 0. The Balaban J connectivity index is 0.00000925. The molecule has 8 bridgehead atoms. The fraction of sp³-hybridized carbons (Fsp3) is 0.692. The van der Waals surface area contributed by atoms with Crippen LogP contribution in [0.1, 0.15) is 229 Å². The maximum atomic E-state index is 6.19. The second-order valence-electron chi connectivity index (χ2n) is 17.6. The molecule has 65 heavy (non-hydrogen) atoms. The van der Waals surface area contributed by atoms with E-state index in [-0.39, 0.29) is 17.1 Å². The van der Waals surface area contributed by atoms with E-state index >= 15 is 0 Å². The van der Waals surface area contributed by atoms with Crippen molar-refractivity contribution < 1.29 is 36.0 Å². The van der Waals surface area contributed by atoms with Crippen LogP contribution < -0.4 is 19.4 Å². The first kappa shape index (κ1) is 53.7. The largest absolute Gasteiger partial charge is 2.00 e. The molecule has 12 nitrogen and oxygen atoms in total. The molecule has 0 aromatic carbocycles. The average Bonchev–Trinajstić information content (AvgIpc) is 4.01. The SMILES string of the molecule is CCCCCCCCC1=C(OC)c2nc1nc1[n-]c(nc3nc(nc4[n-]c(n2)c(CCCCCCCC)c4OC)C(CCCCCCCC)=C3OC)c(CCCCCCCC)c1OC.[Fe+2]. The van der Waals surface area contributed by atoms with Crippen molar-refractivity contribution in [2.45, 2.75) is 207 Å². The molecule has 0 radical (unpaired) electrons. The Kier molecular flexibility index (Phi) is 24.5. The number of rotatable bonds is 32. The van der Waals surface area contributed by atoms with Crippen molar-refractivity contribution in [3.63, 3.8) is 0 Å². The molecule has 2 aliphatic heterocycles. The Bertz CT molecular complexity index is 1980. The quantitative estimate of drug-likeness (QED) is 0.0434. The van der Waals surface area contributed by atoms with E-state index in [1.165, 1.54) is 103 Å². The summed E-state index contributed by atoms with van der Waals surface area (Å²) < 4.78 is 24.8. The molecule has 0 saturated heterocycles. The summed E-state index contributed by atoms with van der Waals surface area (Å²) in [5.74, 6) is 4.36. The van der Waals surface area contributed by atoms with Gasteiger partial charge >= 0.3 is 17.1 Å². The molecule has 3 aromatic heterocycles. The molecule has 0 amide bonds. The van der Waals surface area contributed by atoms with Gasteiger partial charge in [0.15, 0.2) is 11.5 Å². The molecular formula is C52H80FeN8O4. The number of ether oxygens (including phenoxy) is 4. The average molecular weight is 937 g/mol. The number of nitrogens with zero attached hydrogens (tertiary/aromatic N) is 8. The number of aryl methyl sites for hydroxylation is 2. The maximum Gasteiger partial charge on any atom is 2.00 e. The summed E-state index contributed by atoms with van der Waals surface area (Å²) in [6.07, 6.45) is 30.8. The fourth-order valence-corrected chi connectivity index (χ4v) is 8.98. The van der Waals surface area contributed by atoms with Crippen LogP contribution in [0.5, 0.6) is 11.5 Å². The molecular weight excluding hydrogens is 856 g/mol. The molecule has 0 N–H and O–H groups in total. The minimum absolute atomic E-state index is 0. The van der Waals surface area contributed by atoms with Gasteiger partial charge in [-0.15, -0.1) is 0 Å². The van der Waals surface area contributed by atoms with Crippen LogP contribution in [0, 0.1) is 0 Å². The number of fused-ring (bicyclic) bond motifs is 8. The van der Waals surface area contributed by atoms with Gasteiger partial charge in [0, 0.05) is 33.6 Å². The Morgan fingerprint density at radius 2 is 0.615 bits per heavy atom. The first-order valence-electron chi connectivity index (χ1n) is 25.3. The molecule has 5 heterocycles. The number of hydrogen-bond donors (Lipinski definition) is 0. The first-order valence-corrected chi connectivity index (χ1v) is 25.3. The van der Waals surface area contributed by atoms with Crippen LogP contribution in [0.15, 0.2) is 0 Å². The maximum absolute atomic E-state index is 6.19. The Labute approximate surface area is 401 Å². The third kappa shape index (κ3) is 15.0. The second kappa shape index (κ2) is 29.6. The smallest absolute Gasteiger partial charge is 0.495 e. The second-order valence-corrected chi connectivity index (χ2v) is 17.6. The van der Waals surface area contributed by atoms with E-state index in [0.717, 1.165) is 99.3 Å². The normalized spacial score (nSPS) is 12.6. The van der Waals surface area contributed by atoms with Crippen LogP contribution in [0.4, 0.5) is 0 Å². The van der Waals surface area contributed by atoms with Crippen molar-refractivity contribution >= 4 is 45.3 Å². The summed E-state index contributed by atoms with van der Waals surface area (Å²) in [6, 6.07) is 0. The molecule has 0 aliphatic carbocycles. The van der Waals surface area contributed by atoms with Crippen LogP contribution in [-0.2, 0) is 39.4 Å². The van der Waals surface area contributed by atoms with Gasteiger partial charge in [0.2, 0.25) is 0 Å². The first-order chi connectivity index (χ1) is 31.5. The van der Waals surface area contributed by atoms with E-state index in [1.807, 2.05) is 0 Å². The standard InChI is InChI=1S/C52H80N8O4.Fe/c1-9-13-17-21-25-29-33-37-41(61-5)49-53-45(37)57-50-42(62-6)38(34-30-26-22-18-14-10-2)47(54-50)59-52-44(64-8)40(36-32-28-24-20-16-12-4)48(56-52)60-51-43(63-7)39(46(55-51)58-49)35-31-27-23-19-15-11-3;/h9-36H2,1-8H3;/q-2;+2. The number of aromatic nitrogens is 8. The fourth-order valence-electron chi connectivity index (χ4n) is 8.98. The van der Waals surface area contributed by atoms with Crippen LogP contribution >= 0.6 is 0 Å². The minimum Gasteiger partial charge on any atom is -0.495 e. The number of hydrogen-bond acceptors (Lipinski definition) is 10. The molecule has 360 valence electrons. The summed E-state index contributed by atoms with van der Waals surface area (Å²) in [5, 5.41) is 0. The van der Waals surface area contributed by atoms with Crippen molar-refractivity contribution in [1.82, 2.24) is 39.9 Å². The van der Waals surface area contributed by atoms with Crippen molar-refractivity contribution in [3.05, 3.63) is 34.4 Å². The molecule has 2 aliphatic rings. The number of unbranched alkanes of at least 4 members (excludes halogenated alkanes) is 20.